The molecule has 1 atom stereocenters. The largest absolute Gasteiger partial charge is 0.481 e. The van der Waals surface area contributed by atoms with Crippen LogP contribution in [0.15, 0.2) is 42.5 Å². The summed E-state index contributed by atoms with van der Waals surface area (Å²) in [6, 6.07) is 11.5. The Morgan fingerprint density at radius 1 is 1.13 bits per heavy atom. The van der Waals surface area contributed by atoms with Gasteiger partial charge in [0.15, 0.2) is 11.9 Å². The number of carbonyl (C=O) groups is 2. The summed E-state index contributed by atoms with van der Waals surface area (Å²) < 4.78 is 5.57. The number of rotatable bonds is 5. The van der Waals surface area contributed by atoms with E-state index >= 15 is 0 Å². The monoisotopic (exact) mass is 351 g/mol. The molecule has 0 fully saturated rings. The van der Waals surface area contributed by atoms with E-state index in [0.29, 0.717) is 27.0 Å². The number of amides is 1. The van der Waals surface area contributed by atoms with Gasteiger partial charge in [-0.1, -0.05) is 35.3 Å². The van der Waals surface area contributed by atoms with Crippen molar-refractivity contribution in [2.45, 2.75) is 20.0 Å². The first-order valence-electron chi connectivity index (χ1n) is 6.90. The van der Waals surface area contributed by atoms with Crippen molar-refractivity contribution in [2.75, 3.05) is 5.32 Å². The molecule has 1 amide bonds. The number of nitrogens with one attached hydrogen (secondary N) is 1. The van der Waals surface area contributed by atoms with Gasteiger partial charge in [0.1, 0.15) is 5.75 Å². The highest BCUT2D eigenvalue weighted by Crippen LogP contribution is 2.25. The lowest BCUT2D eigenvalue weighted by Crippen LogP contribution is -2.30. The van der Waals surface area contributed by atoms with E-state index in [2.05, 4.69) is 5.32 Å². The van der Waals surface area contributed by atoms with Crippen LogP contribution in [0.1, 0.15) is 24.2 Å². The van der Waals surface area contributed by atoms with Gasteiger partial charge in [0.05, 0.1) is 10.7 Å². The molecular weight excluding hydrogens is 337 g/mol. The van der Waals surface area contributed by atoms with E-state index in [1.54, 1.807) is 49.4 Å². The Kier molecular flexibility index (Phi) is 5.64. The van der Waals surface area contributed by atoms with Crippen LogP contribution in [0.25, 0.3) is 0 Å². The predicted octanol–water partition coefficient (Wildman–Crippen LogP) is 4.60. The predicted molar refractivity (Wildman–Crippen MR) is 91.6 cm³/mol. The van der Waals surface area contributed by atoms with Crippen LogP contribution in [0, 0.1) is 0 Å². The maximum absolute atomic E-state index is 12.2. The highest BCUT2D eigenvalue weighted by atomic mass is 35.5. The Labute approximate surface area is 144 Å². The second-order valence-electron chi connectivity index (χ2n) is 4.96. The van der Waals surface area contributed by atoms with Crippen LogP contribution < -0.4 is 10.1 Å². The molecule has 2 aromatic carbocycles. The molecule has 120 valence electrons. The number of Topliss-reactive ketones (excluding diaryl/α,β-unsaturated/α-hetero) is 1. The van der Waals surface area contributed by atoms with Crippen molar-refractivity contribution in [1.29, 1.82) is 0 Å². The molecule has 0 aromatic heterocycles. The average molecular weight is 352 g/mol. The zero-order valence-electron chi connectivity index (χ0n) is 12.6. The second-order valence-corrected chi connectivity index (χ2v) is 5.80. The Morgan fingerprint density at radius 2 is 1.87 bits per heavy atom. The molecule has 0 spiro atoms. The third-order valence-electron chi connectivity index (χ3n) is 3.11. The quantitative estimate of drug-likeness (QED) is 0.800. The zero-order chi connectivity index (χ0) is 17.0. The average Bonchev–Trinajstić information content (AvgIpc) is 2.50. The molecule has 0 saturated carbocycles. The van der Waals surface area contributed by atoms with Crippen LogP contribution in [0.3, 0.4) is 0 Å². The summed E-state index contributed by atoms with van der Waals surface area (Å²) in [5, 5.41) is 3.50. The molecule has 0 aliphatic rings. The highest BCUT2D eigenvalue weighted by Gasteiger charge is 2.16. The third-order valence-corrected chi connectivity index (χ3v) is 3.66. The standard InChI is InChI=1S/C17H15Cl2NO3/c1-10(21)12-4-3-5-14(8-12)23-11(2)17(22)20-16-7-6-13(18)9-15(16)19/h3-9,11H,1-2H3,(H,20,22)/t11-/m1/s1. The first-order valence-corrected chi connectivity index (χ1v) is 7.66. The number of ketones is 1. The molecule has 0 aliphatic carbocycles. The maximum atomic E-state index is 12.2. The lowest BCUT2D eigenvalue weighted by Gasteiger charge is -2.15. The van der Waals surface area contributed by atoms with Gasteiger partial charge >= 0.3 is 0 Å². The number of hydrogen-bond donors (Lipinski definition) is 1. The molecular formula is C17H15Cl2NO3. The van der Waals surface area contributed by atoms with E-state index in [9.17, 15) is 9.59 Å². The van der Waals surface area contributed by atoms with Gasteiger partial charge in [-0.3, -0.25) is 9.59 Å². The Balaban J connectivity index is 2.05. The second kappa shape index (κ2) is 7.49. The first kappa shape index (κ1) is 17.3. The van der Waals surface area contributed by atoms with Crippen molar-refractivity contribution in [2.24, 2.45) is 0 Å². The fourth-order valence-electron chi connectivity index (χ4n) is 1.87. The van der Waals surface area contributed by atoms with Crippen molar-refractivity contribution in [3.63, 3.8) is 0 Å². The molecule has 0 radical (unpaired) electrons. The van der Waals surface area contributed by atoms with Crippen molar-refractivity contribution in [3.8, 4) is 5.75 Å². The van der Waals surface area contributed by atoms with Crippen LogP contribution in [0.5, 0.6) is 5.75 Å². The molecule has 1 N–H and O–H groups in total. The topological polar surface area (TPSA) is 55.4 Å². The van der Waals surface area contributed by atoms with Gasteiger partial charge in [0, 0.05) is 10.6 Å². The molecule has 0 aliphatic heterocycles. The van der Waals surface area contributed by atoms with Crippen LogP contribution in [-0.4, -0.2) is 17.8 Å². The van der Waals surface area contributed by atoms with E-state index < -0.39 is 6.10 Å². The summed E-state index contributed by atoms with van der Waals surface area (Å²) in [6.07, 6.45) is -0.760. The van der Waals surface area contributed by atoms with Gasteiger partial charge in [-0.05, 0) is 44.2 Å². The van der Waals surface area contributed by atoms with E-state index in [4.69, 9.17) is 27.9 Å². The summed E-state index contributed by atoms with van der Waals surface area (Å²) in [5.74, 6) is 0.0190. The molecule has 2 rings (SSSR count). The van der Waals surface area contributed by atoms with Gasteiger partial charge in [-0.2, -0.15) is 0 Å². The van der Waals surface area contributed by atoms with E-state index in [1.165, 1.54) is 6.92 Å². The van der Waals surface area contributed by atoms with E-state index in [0.717, 1.165) is 0 Å². The minimum absolute atomic E-state index is 0.0690. The highest BCUT2D eigenvalue weighted by molar-refractivity contribution is 6.36. The maximum Gasteiger partial charge on any atom is 0.265 e. The summed E-state index contributed by atoms with van der Waals surface area (Å²) in [6.45, 7) is 3.08. The molecule has 0 heterocycles. The van der Waals surface area contributed by atoms with E-state index in [-0.39, 0.29) is 11.7 Å². The van der Waals surface area contributed by atoms with Crippen LogP contribution in [-0.2, 0) is 4.79 Å². The smallest absolute Gasteiger partial charge is 0.265 e. The summed E-state index contributed by atoms with van der Waals surface area (Å²) in [7, 11) is 0. The molecule has 0 unspecified atom stereocenters. The van der Waals surface area contributed by atoms with Gasteiger partial charge < -0.3 is 10.1 Å². The van der Waals surface area contributed by atoms with Gasteiger partial charge in [-0.25, -0.2) is 0 Å². The van der Waals surface area contributed by atoms with Crippen molar-refractivity contribution in [1.82, 2.24) is 0 Å². The third kappa shape index (κ3) is 4.71. The normalized spacial score (nSPS) is 11.7. The van der Waals surface area contributed by atoms with Gasteiger partial charge in [0.2, 0.25) is 0 Å². The number of hydrogen-bond acceptors (Lipinski definition) is 3. The Morgan fingerprint density at radius 3 is 2.52 bits per heavy atom. The number of halogens is 2. The molecule has 2 aromatic rings. The molecule has 6 heteroatoms. The number of anilines is 1. The molecule has 0 saturated heterocycles. The summed E-state index contributed by atoms with van der Waals surface area (Å²) in [5.41, 5.74) is 0.977. The molecule has 4 nitrogen and oxygen atoms in total. The van der Waals surface area contributed by atoms with Crippen molar-refractivity contribution < 1.29 is 14.3 Å². The SMILES string of the molecule is CC(=O)c1cccc(O[C@H](C)C(=O)Nc2ccc(Cl)cc2Cl)c1. The fourth-order valence-corrected chi connectivity index (χ4v) is 2.33. The lowest BCUT2D eigenvalue weighted by atomic mass is 10.1. The van der Waals surface area contributed by atoms with Crippen molar-refractivity contribution >= 4 is 40.6 Å². The molecule has 23 heavy (non-hydrogen) atoms. The van der Waals surface area contributed by atoms with Crippen molar-refractivity contribution in [3.05, 3.63) is 58.1 Å². The van der Waals surface area contributed by atoms with E-state index in [1.807, 2.05) is 0 Å². The zero-order valence-corrected chi connectivity index (χ0v) is 14.1. The fraction of sp³-hybridized carbons (Fsp3) is 0.176. The first-order chi connectivity index (χ1) is 10.9. The number of ether oxygens (including phenoxy) is 1. The minimum Gasteiger partial charge on any atom is -0.481 e. The van der Waals surface area contributed by atoms with Gasteiger partial charge in [0.25, 0.3) is 5.91 Å². The van der Waals surface area contributed by atoms with Crippen LogP contribution in [0.2, 0.25) is 10.0 Å². The van der Waals surface area contributed by atoms with Gasteiger partial charge in [-0.15, -0.1) is 0 Å². The van der Waals surface area contributed by atoms with Crippen LogP contribution >= 0.6 is 23.2 Å². The lowest BCUT2D eigenvalue weighted by molar-refractivity contribution is -0.122. The summed E-state index contributed by atoms with van der Waals surface area (Å²) >= 11 is 11.8. The Bertz CT molecular complexity index is 746. The number of benzene rings is 2. The molecule has 0 bridgehead atoms. The minimum atomic E-state index is -0.760. The van der Waals surface area contributed by atoms with Crippen LogP contribution in [0.4, 0.5) is 5.69 Å². The summed E-state index contributed by atoms with van der Waals surface area (Å²) in [4.78, 5) is 23.5. The number of carbonyl (C=O) groups excluding carboxylic acids is 2. The Hall–Kier alpha value is -2.04.